The van der Waals surface area contributed by atoms with Crippen molar-refractivity contribution in [3.8, 4) is 0 Å². The first-order valence-electron chi connectivity index (χ1n) is 7.13. The van der Waals surface area contributed by atoms with Crippen molar-refractivity contribution in [2.24, 2.45) is 0 Å². The number of rotatable bonds is 4. The number of halogens is 2. The molecule has 1 N–H and O–H groups in total. The second kappa shape index (κ2) is 6.32. The summed E-state index contributed by atoms with van der Waals surface area (Å²) in [6.45, 7) is 3.93. The van der Waals surface area contributed by atoms with Gasteiger partial charge in [0.25, 0.3) is 0 Å². The third-order valence-corrected chi connectivity index (χ3v) is 3.79. The van der Waals surface area contributed by atoms with Crippen molar-refractivity contribution in [2.75, 3.05) is 24.5 Å². The molecule has 1 aliphatic heterocycles. The van der Waals surface area contributed by atoms with Crippen LogP contribution < -0.4 is 10.2 Å². The molecule has 1 amide bonds. The van der Waals surface area contributed by atoms with Gasteiger partial charge in [0, 0.05) is 32.9 Å². The molecule has 5 nitrogen and oxygen atoms in total. The van der Waals surface area contributed by atoms with Gasteiger partial charge in [-0.3, -0.25) is 4.79 Å². The Morgan fingerprint density at radius 2 is 2.10 bits per heavy atom. The predicted octanol–water partition coefficient (Wildman–Crippen LogP) is 1.62. The van der Waals surface area contributed by atoms with Gasteiger partial charge in [0.1, 0.15) is 12.0 Å². The maximum absolute atomic E-state index is 14.5. The van der Waals surface area contributed by atoms with E-state index in [4.69, 9.17) is 0 Å². The van der Waals surface area contributed by atoms with Gasteiger partial charge in [0.05, 0.1) is 12.2 Å². The summed E-state index contributed by atoms with van der Waals surface area (Å²) in [4.78, 5) is 20.5. The van der Waals surface area contributed by atoms with Crippen molar-refractivity contribution in [3.63, 3.8) is 0 Å². The summed E-state index contributed by atoms with van der Waals surface area (Å²) in [5.41, 5.74) is -1.06. The fourth-order valence-corrected chi connectivity index (χ4v) is 2.44. The van der Waals surface area contributed by atoms with Crippen LogP contribution in [0.1, 0.15) is 32.4 Å². The van der Waals surface area contributed by atoms with Crippen LogP contribution in [-0.2, 0) is 11.2 Å². The second-order valence-corrected chi connectivity index (χ2v) is 5.36. The summed E-state index contributed by atoms with van der Waals surface area (Å²) in [7, 11) is 0. The van der Waals surface area contributed by atoms with Crippen LogP contribution in [0.3, 0.4) is 0 Å². The molecular weight excluding hydrogens is 278 g/mol. The number of alkyl halides is 1. The highest BCUT2D eigenvalue weighted by Gasteiger charge is 2.35. The van der Waals surface area contributed by atoms with Crippen molar-refractivity contribution in [1.29, 1.82) is 0 Å². The van der Waals surface area contributed by atoms with Gasteiger partial charge < -0.3 is 10.2 Å². The molecule has 2 heterocycles. The largest absolute Gasteiger partial charge is 0.354 e. The first kappa shape index (κ1) is 15.6. The molecule has 1 fully saturated rings. The number of aryl methyl sites for hydroxylation is 1. The molecule has 0 aliphatic carbocycles. The van der Waals surface area contributed by atoms with Gasteiger partial charge in [0.15, 0.2) is 11.6 Å². The molecule has 116 valence electrons. The number of hydrogen-bond acceptors (Lipinski definition) is 4. The van der Waals surface area contributed by atoms with E-state index in [0.29, 0.717) is 25.2 Å². The summed E-state index contributed by atoms with van der Waals surface area (Å²) in [6, 6.07) is 0. The minimum atomic E-state index is -1.43. The van der Waals surface area contributed by atoms with Crippen molar-refractivity contribution in [3.05, 3.63) is 17.8 Å². The Labute approximate surface area is 122 Å². The Morgan fingerprint density at radius 1 is 1.43 bits per heavy atom. The Hall–Kier alpha value is -1.79. The molecule has 1 aliphatic rings. The average molecular weight is 298 g/mol. The van der Waals surface area contributed by atoms with E-state index in [1.807, 2.05) is 6.92 Å². The molecule has 21 heavy (non-hydrogen) atoms. The quantitative estimate of drug-likeness (QED) is 0.918. The highest BCUT2D eigenvalue weighted by atomic mass is 19.1. The van der Waals surface area contributed by atoms with Crippen molar-refractivity contribution >= 4 is 11.7 Å². The minimum Gasteiger partial charge on any atom is -0.354 e. The van der Waals surface area contributed by atoms with Crippen LogP contribution in [0.15, 0.2) is 6.33 Å². The van der Waals surface area contributed by atoms with E-state index < -0.39 is 11.5 Å². The van der Waals surface area contributed by atoms with Crippen LogP contribution >= 0.6 is 0 Å². The lowest BCUT2D eigenvalue weighted by Crippen LogP contribution is -2.48. The fraction of sp³-hybridized carbons (Fsp3) is 0.643. The standard InChI is InChI=1S/C14H20F2N4O/c1-3-11-12(15)13(19-9-18-11)20-6-4-14(16,5-7-20)8-17-10(2)21/h9H,3-8H2,1-2H3,(H,17,21). The van der Waals surface area contributed by atoms with Gasteiger partial charge in [-0.15, -0.1) is 0 Å². The van der Waals surface area contributed by atoms with Gasteiger partial charge in [-0.2, -0.15) is 0 Å². The van der Waals surface area contributed by atoms with Gasteiger partial charge in [0.2, 0.25) is 5.91 Å². The van der Waals surface area contributed by atoms with Crippen LogP contribution in [0.2, 0.25) is 0 Å². The predicted molar refractivity (Wildman–Crippen MR) is 75.3 cm³/mol. The van der Waals surface area contributed by atoms with Crippen LogP contribution in [0.4, 0.5) is 14.6 Å². The molecular formula is C14H20F2N4O. The second-order valence-electron chi connectivity index (χ2n) is 5.36. The number of hydrogen-bond donors (Lipinski definition) is 1. The molecule has 0 aromatic carbocycles. The summed E-state index contributed by atoms with van der Waals surface area (Å²) < 4.78 is 28.7. The lowest BCUT2D eigenvalue weighted by Gasteiger charge is -2.37. The summed E-state index contributed by atoms with van der Waals surface area (Å²) >= 11 is 0. The zero-order valence-corrected chi connectivity index (χ0v) is 12.3. The molecule has 1 aromatic rings. The topological polar surface area (TPSA) is 58.1 Å². The van der Waals surface area contributed by atoms with Crippen LogP contribution in [0, 0.1) is 5.82 Å². The number of carbonyl (C=O) groups excluding carboxylic acids is 1. The molecule has 2 rings (SSSR count). The van der Waals surface area contributed by atoms with E-state index in [-0.39, 0.29) is 31.1 Å². The molecule has 0 spiro atoms. The lowest BCUT2D eigenvalue weighted by atomic mass is 9.93. The molecule has 0 saturated carbocycles. The highest BCUT2D eigenvalue weighted by Crippen LogP contribution is 2.29. The average Bonchev–Trinajstić information content (AvgIpc) is 2.47. The Morgan fingerprint density at radius 3 is 2.67 bits per heavy atom. The van der Waals surface area contributed by atoms with E-state index in [1.165, 1.54) is 13.3 Å². The van der Waals surface area contributed by atoms with Gasteiger partial charge in [-0.1, -0.05) is 6.92 Å². The smallest absolute Gasteiger partial charge is 0.216 e. The van der Waals surface area contributed by atoms with Crippen molar-refractivity contribution in [2.45, 2.75) is 38.8 Å². The number of piperidine rings is 1. The number of carbonyl (C=O) groups is 1. The van der Waals surface area contributed by atoms with Crippen molar-refractivity contribution in [1.82, 2.24) is 15.3 Å². The maximum Gasteiger partial charge on any atom is 0.216 e. The molecule has 7 heteroatoms. The van der Waals surface area contributed by atoms with E-state index in [1.54, 1.807) is 4.90 Å². The zero-order chi connectivity index (χ0) is 15.5. The van der Waals surface area contributed by atoms with Crippen LogP contribution in [-0.4, -0.2) is 41.2 Å². The first-order valence-corrected chi connectivity index (χ1v) is 7.13. The normalized spacial score (nSPS) is 17.6. The third-order valence-electron chi connectivity index (χ3n) is 3.79. The Balaban J connectivity index is 2.02. The van der Waals surface area contributed by atoms with E-state index in [9.17, 15) is 13.6 Å². The first-order chi connectivity index (χ1) is 9.95. The number of anilines is 1. The number of nitrogens with zero attached hydrogens (tertiary/aromatic N) is 3. The van der Waals surface area contributed by atoms with E-state index >= 15 is 0 Å². The summed E-state index contributed by atoms with van der Waals surface area (Å²) in [6.07, 6.45) is 2.30. The summed E-state index contributed by atoms with van der Waals surface area (Å²) in [5.74, 6) is -0.430. The Kier molecular flexibility index (Phi) is 4.69. The minimum absolute atomic E-state index is 0.00262. The van der Waals surface area contributed by atoms with Crippen LogP contribution in [0.25, 0.3) is 0 Å². The highest BCUT2D eigenvalue weighted by molar-refractivity contribution is 5.72. The van der Waals surface area contributed by atoms with Gasteiger partial charge in [-0.25, -0.2) is 18.7 Å². The van der Waals surface area contributed by atoms with Gasteiger partial charge in [-0.05, 0) is 6.42 Å². The van der Waals surface area contributed by atoms with Crippen LogP contribution in [0.5, 0.6) is 0 Å². The van der Waals surface area contributed by atoms with E-state index in [0.717, 1.165) is 0 Å². The monoisotopic (exact) mass is 298 g/mol. The molecule has 0 atom stereocenters. The molecule has 1 aromatic heterocycles. The van der Waals surface area contributed by atoms with Gasteiger partial charge >= 0.3 is 0 Å². The Bertz CT molecular complexity index is 516. The SMILES string of the molecule is CCc1ncnc(N2CCC(F)(CNC(C)=O)CC2)c1F. The number of aromatic nitrogens is 2. The molecule has 0 unspecified atom stereocenters. The lowest BCUT2D eigenvalue weighted by molar-refractivity contribution is -0.119. The summed E-state index contributed by atoms with van der Waals surface area (Å²) in [5, 5.41) is 2.51. The number of nitrogens with one attached hydrogen (secondary N) is 1. The zero-order valence-electron chi connectivity index (χ0n) is 12.3. The van der Waals surface area contributed by atoms with E-state index in [2.05, 4.69) is 15.3 Å². The molecule has 0 bridgehead atoms. The molecule has 1 saturated heterocycles. The van der Waals surface area contributed by atoms with Crippen molar-refractivity contribution < 1.29 is 13.6 Å². The number of amides is 1. The fourth-order valence-electron chi connectivity index (χ4n) is 2.44. The third kappa shape index (κ3) is 3.65. The maximum atomic E-state index is 14.5. The molecule has 0 radical (unpaired) electrons.